The Hall–Kier alpha value is -2.33. The second kappa shape index (κ2) is 7.05. The summed E-state index contributed by atoms with van der Waals surface area (Å²) in [6.45, 7) is 2.10. The Balaban J connectivity index is 1.49. The number of aliphatic hydroxyl groups is 1. The second-order valence-electron chi connectivity index (χ2n) is 6.58. The molecule has 0 unspecified atom stereocenters. The summed E-state index contributed by atoms with van der Waals surface area (Å²) in [6, 6.07) is 17.7. The summed E-state index contributed by atoms with van der Waals surface area (Å²) >= 11 is 0. The van der Waals surface area contributed by atoms with E-state index in [1.165, 1.54) is 0 Å². The number of rotatable bonds is 6. The molecule has 24 heavy (non-hydrogen) atoms. The molecule has 0 bridgehead atoms. The van der Waals surface area contributed by atoms with E-state index in [4.69, 9.17) is 4.74 Å². The molecule has 0 heterocycles. The number of hydrogen-bond donors (Lipinski definition) is 2. The van der Waals surface area contributed by atoms with E-state index < -0.39 is 0 Å². The van der Waals surface area contributed by atoms with Gasteiger partial charge in [0.2, 0.25) is 0 Å². The van der Waals surface area contributed by atoms with Gasteiger partial charge < -0.3 is 15.2 Å². The maximum atomic E-state index is 12.0. The van der Waals surface area contributed by atoms with Crippen LogP contribution in [0.25, 0.3) is 0 Å². The summed E-state index contributed by atoms with van der Waals surface area (Å²) in [5.41, 5.74) is 2.01. The van der Waals surface area contributed by atoms with Crippen molar-refractivity contribution in [3.05, 3.63) is 65.7 Å². The van der Waals surface area contributed by atoms with E-state index in [1.54, 1.807) is 0 Å². The van der Waals surface area contributed by atoms with Gasteiger partial charge in [-0.2, -0.15) is 0 Å². The van der Waals surface area contributed by atoms with Gasteiger partial charge in [0.25, 0.3) is 5.91 Å². The van der Waals surface area contributed by atoms with Crippen LogP contribution in [0.5, 0.6) is 5.75 Å². The topological polar surface area (TPSA) is 58.6 Å². The van der Waals surface area contributed by atoms with Crippen molar-refractivity contribution in [1.29, 1.82) is 0 Å². The third kappa shape index (κ3) is 3.60. The van der Waals surface area contributed by atoms with Crippen molar-refractivity contribution in [2.45, 2.75) is 31.2 Å². The van der Waals surface area contributed by atoms with E-state index in [0.29, 0.717) is 5.75 Å². The van der Waals surface area contributed by atoms with Crippen molar-refractivity contribution in [3.63, 3.8) is 0 Å². The minimum Gasteiger partial charge on any atom is -0.484 e. The van der Waals surface area contributed by atoms with Crippen LogP contribution in [0.3, 0.4) is 0 Å². The van der Waals surface area contributed by atoms with Crippen LogP contribution in [-0.4, -0.2) is 30.3 Å². The molecule has 2 N–H and O–H groups in total. The average molecular weight is 325 g/mol. The maximum absolute atomic E-state index is 12.0. The normalized spacial score (nSPS) is 22.5. The Morgan fingerprint density at radius 2 is 1.96 bits per heavy atom. The Morgan fingerprint density at radius 3 is 2.62 bits per heavy atom. The first kappa shape index (κ1) is 16.5. The summed E-state index contributed by atoms with van der Waals surface area (Å²) in [5.74, 6) is 0.578. The largest absolute Gasteiger partial charge is 0.484 e. The minimum absolute atomic E-state index is 0.0113. The van der Waals surface area contributed by atoms with Crippen molar-refractivity contribution >= 4 is 5.91 Å². The van der Waals surface area contributed by atoms with Gasteiger partial charge in [-0.1, -0.05) is 42.5 Å². The monoisotopic (exact) mass is 325 g/mol. The molecule has 1 fully saturated rings. The molecule has 0 saturated heterocycles. The zero-order valence-electron chi connectivity index (χ0n) is 13.9. The zero-order valence-corrected chi connectivity index (χ0v) is 13.9. The highest BCUT2D eigenvalue weighted by Crippen LogP contribution is 2.43. The van der Waals surface area contributed by atoms with Crippen LogP contribution in [0, 0.1) is 6.92 Å². The molecule has 126 valence electrons. The fourth-order valence-electron chi connectivity index (χ4n) is 3.36. The van der Waals surface area contributed by atoms with Crippen LogP contribution in [0.4, 0.5) is 0 Å². The van der Waals surface area contributed by atoms with E-state index in [9.17, 15) is 9.90 Å². The van der Waals surface area contributed by atoms with Gasteiger partial charge in [0.05, 0.1) is 6.61 Å². The van der Waals surface area contributed by atoms with Crippen LogP contribution in [0.2, 0.25) is 0 Å². The zero-order chi connectivity index (χ0) is 17.0. The fourth-order valence-corrected chi connectivity index (χ4v) is 3.36. The second-order valence-corrected chi connectivity index (χ2v) is 6.58. The van der Waals surface area contributed by atoms with Crippen LogP contribution in [-0.2, 0) is 10.2 Å². The molecule has 4 heteroatoms. The number of nitrogens with one attached hydrogen (secondary N) is 1. The number of ether oxygens (including phenoxy) is 1. The van der Waals surface area contributed by atoms with E-state index >= 15 is 0 Å². The molecule has 4 nitrogen and oxygen atoms in total. The lowest BCUT2D eigenvalue weighted by Gasteiger charge is -2.47. The van der Waals surface area contributed by atoms with Crippen molar-refractivity contribution in [1.82, 2.24) is 5.32 Å². The Labute approximate surface area is 142 Å². The summed E-state index contributed by atoms with van der Waals surface area (Å²) in [6.07, 6.45) is 1.51. The average Bonchev–Trinajstić information content (AvgIpc) is 2.57. The summed E-state index contributed by atoms with van der Waals surface area (Å²) in [5, 5.41) is 12.8. The number of carbonyl (C=O) groups is 1. The highest BCUT2D eigenvalue weighted by Gasteiger charge is 2.45. The van der Waals surface area contributed by atoms with E-state index in [2.05, 4.69) is 5.32 Å². The molecule has 1 aliphatic carbocycles. The standard InChI is InChI=1S/C20H23NO3/c1-15-6-5-9-18(10-15)24-13-19(23)21-17-11-20(12-17,14-22)16-7-3-2-4-8-16/h2-10,17,22H,11-14H2,1H3,(H,21,23). The smallest absolute Gasteiger partial charge is 0.258 e. The van der Waals surface area contributed by atoms with Gasteiger partial charge in [0.15, 0.2) is 6.61 Å². The lowest BCUT2D eigenvalue weighted by molar-refractivity contribution is -0.125. The Bertz CT molecular complexity index is 693. The summed E-state index contributed by atoms with van der Waals surface area (Å²) in [4.78, 5) is 12.0. The number of amides is 1. The molecule has 3 rings (SSSR count). The minimum atomic E-state index is -0.226. The predicted molar refractivity (Wildman–Crippen MR) is 93.0 cm³/mol. The van der Waals surface area contributed by atoms with Crippen LogP contribution >= 0.6 is 0 Å². The quantitative estimate of drug-likeness (QED) is 0.858. The van der Waals surface area contributed by atoms with Crippen LogP contribution < -0.4 is 10.1 Å². The summed E-state index contributed by atoms with van der Waals surface area (Å²) < 4.78 is 5.52. The SMILES string of the molecule is Cc1cccc(OCC(=O)NC2CC(CO)(c3ccccc3)C2)c1. The van der Waals surface area contributed by atoms with Crippen molar-refractivity contribution in [3.8, 4) is 5.75 Å². The van der Waals surface area contributed by atoms with E-state index in [0.717, 1.165) is 24.0 Å². The molecule has 1 amide bonds. The summed E-state index contributed by atoms with van der Waals surface area (Å²) in [7, 11) is 0. The first-order valence-electron chi connectivity index (χ1n) is 8.26. The third-order valence-electron chi connectivity index (χ3n) is 4.69. The number of aliphatic hydroxyl groups excluding tert-OH is 1. The molecule has 0 aromatic heterocycles. The van der Waals surface area contributed by atoms with Gasteiger partial charge in [-0.05, 0) is 43.0 Å². The van der Waals surface area contributed by atoms with Gasteiger partial charge in [-0.15, -0.1) is 0 Å². The number of hydrogen-bond acceptors (Lipinski definition) is 3. The van der Waals surface area contributed by atoms with Crippen molar-refractivity contribution in [2.24, 2.45) is 0 Å². The number of benzene rings is 2. The Morgan fingerprint density at radius 1 is 1.21 bits per heavy atom. The van der Waals surface area contributed by atoms with Gasteiger partial charge in [0.1, 0.15) is 5.75 Å². The molecule has 0 atom stereocenters. The molecular weight excluding hydrogens is 302 g/mol. The number of carbonyl (C=O) groups excluding carboxylic acids is 1. The van der Waals surface area contributed by atoms with Gasteiger partial charge >= 0.3 is 0 Å². The fraction of sp³-hybridized carbons (Fsp3) is 0.350. The first-order valence-corrected chi connectivity index (χ1v) is 8.26. The predicted octanol–water partition coefficient (Wildman–Crippen LogP) is 2.58. The van der Waals surface area contributed by atoms with Crippen LogP contribution in [0.1, 0.15) is 24.0 Å². The van der Waals surface area contributed by atoms with Gasteiger partial charge in [0, 0.05) is 11.5 Å². The molecule has 2 aromatic carbocycles. The molecule has 1 aliphatic rings. The molecule has 0 aliphatic heterocycles. The van der Waals surface area contributed by atoms with Crippen LogP contribution in [0.15, 0.2) is 54.6 Å². The highest BCUT2D eigenvalue weighted by molar-refractivity contribution is 5.78. The molecule has 2 aromatic rings. The van der Waals surface area contributed by atoms with E-state index in [1.807, 2.05) is 61.5 Å². The Kier molecular flexibility index (Phi) is 4.86. The molecular formula is C20H23NO3. The number of aryl methyl sites for hydroxylation is 1. The van der Waals surface area contributed by atoms with E-state index in [-0.39, 0.29) is 30.6 Å². The van der Waals surface area contributed by atoms with Crippen molar-refractivity contribution < 1.29 is 14.6 Å². The molecule has 0 radical (unpaired) electrons. The molecule has 1 saturated carbocycles. The lowest BCUT2D eigenvalue weighted by Crippen LogP contribution is -2.55. The van der Waals surface area contributed by atoms with Gasteiger partial charge in [-0.25, -0.2) is 0 Å². The third-order valence-corrected chi connectivity index (χ3v) is 4.69. The molecule has 0 spiro atoms. The maximum Gasteiger partial charge on any atom is 0.258 e. The van der Waals surface area contributed by atoms with Gasteiger partial charge in [-0.3, -0.25) is 4.79 Å². The lowest BCUT2D eigenvalue weighted by atomic mass is 9.62. The van der Waals surface area contributed by atoms with Crippen molar-refractivity contribution in [2.75, 3.05) is 13.2 Å². The first-order chi connectivity index (χ1) is 11.6. The highest BCUT2D eigenvalue weighted by atomic mass is 16.5.